The van der Waals surface area contributed by atoms with Gasteiger partial charge in [0.2, 0.25) is 0 Å². The maximum Gasteiger partial charge on any atom is 0.407 e. The largest absolute Gasteiger partial charge is 0.453 e. The second-order valence-electron chi connectivity index (χ2n) is 9.07. The maximum absolute atomic E-state index is 13.1. The van der Waals surface area contributed by atoms with Gasteiger partial charge in [0.05, 0.1) is 24.3 Å². The van der Waals surface area contributed by atoms with Crippen LogP contribution in [0.4, 0.5) is 22.2 Å². The molecule has 0 radical (unpaired) electrons. The molecule has 3 atom stereocenters. The predicted molar refractivity (Wildman–Crippen MR) is 130 cm³/mol. The molecule has 1 aliphatic heterocycles. The number of methoxy groups -OCH3 is 1. The lowest BCUT2D eigenvalue weighted by molar-refractivity contribution is 0.166. The van der Waals surface area contributed by atoms with Crippen LogP contribution in [0.5, 0.6) is 0 Å². The van der Waals surface area contributed by atoms with Crippen LogP contribution in [0.3, 0.4) is 0 Å². The number of anilines is 3. The number of carbonyl (C=O) groups is 1. The zero-order chi connectivity index (χ0) is 23.8. The summed E-state index contributed by atoms with van der Waals surface area (Å²) in [4.78, 5) is 36.1. The van der Waals surface area contributed by atoms with Gasteiger partial charge in [-0.1, -0.05) is 6.07 Å². The Morgan fingerprint density at radius 3 is 2.82 bits per heavy atom. The number of ether oxygens (including phenoxy) is 1. The molecule has 4 heterocycles. The highest BCUT2D eigenvalue weighted by atomic mass is 16.5. The van der Waals surface area contributed by atoms with Gasteiger partial charge in [0, 0.05) is 44.3 Å². The Morgan fingerprint density at radius 2 is 2.06 bits per heavy atom. The Kier molecular flexibility index (Phi) is 5.86. The van der Waals surface area contributed by atoms with Crippen LogP contribution < -0.4 is 27.0 Å². The van der Waals surface area contributed by atoms with Crippen molar-refractivity contribution in [2.24, 2.45) is 12.8 Å². The van der Waals surface area contributed by atoms with Crippen LogP contribution in [0, 0.1) is 0 Å². The van der Waals surface area contributed by atoms with E-state index in [1.807, 2.05) is 28.8 Å². The third-order valence-electron chi connectivity index (χ3n) is 6.79. The van der Waals surface area contributed by atoms with Crippen molar-refractivity contribution < 1.29 is 9.53 Å². The van der Waals surface area contributed by atoms with Crippen LogP contribution in [0.1, 0.15) is 31.7 Å². The number of hydrogen-bond donors (Lipinski definition) is 3. The molecule has 3 aromatic heterocycles. The molecular weight excluding hydrogens is 436 g/mol. The van der Waals surface area contributed by atoms with Gasteiger partial charge in [-0.05, 0) is 37.8 Å². The number of imidazole rings is 1. The second kappa shape index (κ2) is 8.98. The minimum atomic E-state index is -0.447. The SMILES string of the molecule is COC(=O)N[C@@H]1CC[C@@H](n2c(=O)n(C)c3cnc(Nc4cccc(N5CCC(N)C5)n4)cc32)C1. The van der Waals surface area contributed by atoms with Crippen LogP contribution in [-0.2, 0) is 11.8 Å². The van der Waals surface area contributed by atoms with E-state index in [1.165, 1.54) is 7.11 Å². The molecule has 4 N–H and O–H groups in total. The molecule has 1 aliphatic carbocycles. The van der Waals surface area contributed by atoms with E-state index in [4.69, 9.17) is 15.5 Å². The fraction of sp³-hybridized carbons (Fsp3) is 0.478. The number of nitrogens with one attached hydrogen (secondary N) is 2. The Morgan fingerprint density at radius 1 is 1.21 bits per heavy atom. The fourth-order valence-corrected chi connectivity index (χ4v) is 5.02. The van der Waals surface area contributed by atoms with Crippen molar-refractivity contribution in [1.82, 2.24) is 24.4 Å². The lowest BCUT2D eigenvalue weighted by Crippen LogP contribution is -2.33. The fourth-order valence-electron chi connectivity index (χ4n) is 5.02. The lowest BCUT2D eigenvalue weighted by Gasteiger charge is -2.17. The van der Waals surface area contributed by atoms with Crippen LogP contribution in [0.2, 0.25) is 0 Å². The van der Waals surface area contributed by atoms with Crippen molar-refractivity contribution in [3.05, 3.63) is 40.9 Å². The van der Waals surface area contributed by atoms with E-state index in [9.17, 15) is 9.59 Å². The quantitative estimate of drug-likeness (QED) is 0.519. The van der Waals surface area contributed by atoms with E-state index in [-0.39, 0.29) is 23.8 Å². The molecule has 1 amide bonds. The second-order valence-corrected chi connectivity index (χ2v) is 9.07. The number of rotatable bonds is 5. The zero-order valence-electron chi connectivity index (χ0n) is 19.4. The van der Waals surface area contributed by atoms with Crippen molar-refractivity contribution in [2.45, 2.75) is 43.8 Å². The number of hydrogen-bond acceptors (Lipinski definition) is 8. The summed E-state index contributed by atoms with van der Waals surface area (Å²) in [6.07, 6.45) is 4.46. The minimum absolute atomic E-state index is 0.0190. The molecule has 0 aromatic carbocycles. The molecule has 2 aliphatic rings. The van der Waals surface area contributed by atoms with Gasteiger partial charge in [0.1, 0.15) is 17.5 Å². The van der Waals surface area contributed by atoms with Crippen molar-refractivity contribution >= 4 is 34.6 Å². The number of alkyl carbamates (subject to hydrolysis) is 1. The van der Waals surface area contributed by atoms with Crippen molar-refractivity contribution in [3.8, 4) is 0 Å². The van der Waals surface area contributed by atoms with Gasteiger partial charge in [0.25, 0.3) is 0 Å². The van der Waals surface area contributed by atoms with Gasteiger partial charge < -0.3 is 26.0 Å². The summed E-state index contributed by atoms with van der Waals surface area (Å²) < 4.78 is 8.15. The first-order valence-corrected chi connectivity index (χ1v) is 11.6. The first kappa shape index (κ1) is 22.2. The van der Waals surface area contributed by atoms with Crippen molar-refractivity contribution in [2.75, 3.05) is 30.4 Å². The average molecular weight is 467 g/mol. The third kappa shape index (κ3) is 4.18. The summed E-state index contributed by atoms with van der Waals surface area (Å²) in [7, 11) is 3.10. The summed E-state index contributed by atoms with van der Waals surface area (Å²) in [5.41, 5.74) is 7.51. The lowest BCUT2D eigenvalue weighted by atomic mass is 10.2. The summed E-state index contributed by atoms with van der Waals surface area (Å²) in [5.74, 6) is 2.17. The highest BCUT2D eigenvalue weighted by molar-refractivity contribution is 5.79. The number of nitrogens with two attached hydrogens (primary N) is 1. The standard InChI is InChI=1S/C23H30N8O3/c1-29-18-12-25-20(27-19-4-3-5-21(28-19)30-9-8-14(24)13-30)11-17(18)31(23(29)33)16-7-6-15(10-16)26-22(32)34-2/h3-5,11-12,14-16H,6-10,13,24H2,1-2H3,(H,26,32)(H,25,27,28)/t14?,15-,16-/m1/s1. The smallest absolute Gasteiger partial charge is 0.407 e. The van der Waals surface area contributed by atoms with Gasteiger partial charge in [-0.3, -0.25) is 9.13 Å². The predicted octanol–water partition coefficient (Wildman–Crippen LogP) is 1.86. The number of fused-ring (bicyclic) bond motifs is 1. The molecule has 1 saturated heterocycles. The van der Waals surface area contributed by atoms with Gasteiger partial charge in [-0.2, -0.15) is 0 Å². The molecule has 2 fully saturated rings. The molecule has 11 heteroatoms. The van der Waals surface area contributed by atoms with Gasteiger partial charge in [0.15, 0.2) is 0 Å². The highest BCUT2D eigenvalue weighted by Crippen LogP contribution is 2.32. The van der Waals surface area contributed by atoms with E-state index in [0.29, 0.717) is 18.1 Å². The molecule has 3 aromatic rings. The normalized spacial score (nSPS) is 22.3. The Balaban J connectivity index is 1.41. The Hall–Kier alpha value is -3.60. The molecule has 0 spiro atoms. The number of aromatic nitrogens is 4. The summed E-state index contributed by atoms with van der Waals surface area (Å²) in [6.45, 7) is 1.69. The Bertz CT molecular complexity index is 1270. The zero-order valence-corrected chi connectivity index (χ0v) is 19.4. The Labute approximate surface area is 196 Å². The van der Waals surface area contributed by atoms with Gasteiger partial charge in [-0.25, -0.2) is 19.6 Å². The maximum atomic E-state index is 13.1. The minimum Gasteiger partial charge on any atom is -0.453 e. The number of nitrogens with zero attached hydrogens (tertiary/aromatic N) is 5. The molecular formula is C23H30N8O3. The summed E-state index contributed by atoms with van der Waals surface area (Å²) in [6, 6.07) is 7.85. The number of aryl methyl sites for hydroxylation is 1. The third-order valence-corrected chi connectivity index (χ3v) is 6.79. The monoisotopic (exact) mass is 466 g/mol. The molecule has 180 valence electrons. The molecule has 0 bridgehead atoms. The average Bonchev–Trinajstić information content (AvgIpc) is 3.53. The van der Waals surface area contributed by atoms with Crippen LogP contribution in [0.15, 0.2) is 35.3 Å². The molecule has 34 heavy (non-hydrogen) atoms. The highest BCUT2D eigenvalue weighted by Gasteiger charge is 2.30. The molecule has 5 rings (SSSR count). The van der Waals surface area contributed by atoms with Crippen molar-refractivity contribution in [3.63, 3.8) is 0 Å². The number of carbonyl (C=O) groups excluding carboxylic acids is 1. The van der Waals surface area contributed by atoms with Crippen LogP contribution in [0.25, 0.3) is 11.0 Å². The number of pyridine rings is 2. The topological polar surface area (TPSA) is 132 Å². The van der Waals surface area contributed by atoms with Crippen molar-refractivity contribution in [1.29, 1.82) is 0 Å². The van der Waals surface area contributed by atoms with E-state index in [2.05, 4.69) is 20.5 Å². The molecule has 11 nitrogen and oxygen atoms in total. The first-order valence-electron chi connectivity index (χ1n) is 11.6. The van der Waals surface area contributed by atoms with E-state index in [1.54, 1.807) is 17.8 Å². The van der Waals surface area contributed by atoms with E-state index in [0.717, 1.165) is 49.2 Å². The summed E-state index contributed by atoms with van der Waals surface area (Å²) >= 11 is 0. The molecule has 1 unspecified atom stereocenters. The molecule has 1 saturated carbocycles. The van der Waals surface area contributed by atoms with Crippen LogP contribution >= 0.6 is 0 Å². The summed E-state index contributed by atoms with van der Waals surface area (Å²) in [5, 5.41) is 6.13. The van der Waals surface area contributed by atoms with Gasteiger partial charge in [-0.15, -0.1) is 0 Å². The first-order chi connectivity index (χ1) is 16.4. The van der Waals surface area contributed by atoms with Crippen LogP contribution in [-0.4, -0.2) is 57.5 Å². The number of amides is 1. The van der Waals surface area contributed by atoms with E-state index >= 15 is 0 Å². The van der Waals surface area contributed by atoms with E-state index < -0.39 is 6.09 Å². The van der Waals surface area contributed by atoms with Gasteiger partial charge >= 0.3 is 11.8 Å².